The van der Waals surface area contributed by atoms with E-state index in [1.165, 1.54) is 24.9 Å². The summed E-state index contributed by atoms with van der Waals surface area (Å²) in [6.07, 6.45) is 1.46. The second-order valence-electron chi connectivity index (χ2n) is 3.12. The van der Waals surface area contributed by atoms with Gasteiger partial charge in [0.1, 0.15) is 11.8 Å². The molecular weight excluding hydrogens is 222 g/mol. The minimum absolute atomic E-state index is 0.250. The molecule has 1 atom stereocenters. The first-order valence-electron chi connectivity index (χ1n) is 4.25. The molecule has 0 aromatic carbocycles. The highest BCUT2D eigenvalue weighted by Crippen LogP contribution is 2.13. The first-order chi connectivity index (χ1) is 6.70. The van der Waals surface area contributed by atoms with Crippen LogP contribution in [-0.4, -0.2) is 47.8 Å². The summed E-state index contributed by atoms with van der Waals surface area (Å²) in [5.41, 5.74) is 0.250. The number of hydrogen-bond acceptors (Lipinski definition) is 4. The van der Waals surface area contributed by atoms with Gasteiger partial charge in [-0.2, -0.15) is 8.42 Å². The Kier molecular flexibility index (Phi) is 4.76. The molecule has 0 aliphatic carbocycles. The van der Waals surface area contributed by atoms with Gasteiger partial charge in [-0.3, -0.25) is 9.35 Å². The number of likely N-dealkylation sites (N-methyl/N-ethyl adjacent to an activating group) is 1. The lowest BCUT2D eigenvalue weighted by atomic mass is 10.3. The van der Waals surface area contributed by atoms with Crippen molar-refractivity contribution in [3.63, 3.8) is 0 Å². The number of carbonyl (C=O) groups is 1. The maximum Gasteiger partial charge on any atom is 0.323 e. The van der Waals surface area contributed by atoms with Crippen LogP contribution in [0.4, 0.5) is 0 Å². The smallest absolute Gasteiger partial charge is 0.323 e. The Hall–Kier alpha value is -1.08. The van der Waals surface area contributed by atoms with Gasteiger partial charge in [-0.25, -0.2) is 0 Å². The quantitative estimate of drug-likeness (QED) is 0.662. The molecule has 0 fully saturated rings. The second-order valence-corrected chi connectivity index (χ2v) is 4.86. The van der Waals surface area contributed by atoms with Crippen LogP contribution in [0.25, 0.3) is 0 Å². The van der Waals surface area contributed by atoms with E-state index in [2.05, 4.69) is 0 Å². The van der Waals surface area contributed by atoms with Crippen LogP contribution >= 0.6 is 0 Å². The predicted molar refractivity (Wildman–Crippen MR) is 55.0 cm³/mol. The van der Waals surface area contributed by atoms with Gasteiger partial charge >= 0.3 is 5.97 Å². The zero-order chi connectivity index (χ0) is 12.2. The van der Waals surface area contributed by atoms with E-state index < -0.39 is 21.3 Å². The van der Waals surface area contributed by atoms with Gasteiger partial charge < -0.3 is 10.0 Å². The molecule has 0 saturated heterocycles. The lowest BCUT2D eigenvalue weighted by Crippen LogP contribution is -2.33. The van der Waals surface area contributed by atoms with Gasteiger partial charge in [0.15, 0.2) is 0 Å². The summed E-state index contributed by atoms with van der Waals surface area (Å²) in [4.78, 5) is 11.7. The highest BCUT2D eigenvalue weighted by atomic mass is 32.2. The monoisotopic (exact) mass is 237 g/mol. The molecule has 0 rings (SSSR count). The van der Waals surface area contributed by atoms with Gasteiger partial charge in [0.25, 0.3) is 10.1 Å². The van der Waals surface area contributed by atoms with Gasteiger partial charge in [-0.15, -0.1) is 0 Å². The Morgan fingerprint density at radius 2 is 2.00 bits per heavy atom. The summed E-state index contributed by atoms with van der Waals surface area (Å²) in [6, 6.07) is 0. The molecule has 0 aliphatic rings. The van der Waals surface area contributed by atoms with Crippen molar-refractivity contribution in [2.75, 3.05) is 13.6 Å². The SMILES string of the molecule is C/C=C(\C(C)S(=O)(=O)O)N(C)CC(=O)O. The Morgan fingerprint density at radius 3 is 2.27 bits per heavy atom. The van der Waals surface area contributed by atoms with Crippen molar-refractivity contribution in [3.05, 3.63) is 11.8 Å². The molecule has 0 aromatic heterocycles. The van der Waals surface area contributed by atoms with Crippen LogP contribution in [0.15, 0.2) is 11.8 Å². The normalized spacial score (nSPS) is 14.8. The molecule has 88 valence electrons. The van der Waals surface area contributed by atoms with Gasteiger partial charge in [0.2, 0.25) is 0 Å². The summed E-state index contributed by atoms with van der Waals surface area (Å²) < 4.78 is 30.6. The first kappa shape index (κ1) is 13.9. The van der Waals surface area contributed by atoms with Crippen LogP contribution in [-0.2, 0) is 14.9 Å². The van der Waals surface area contributed by atoms with E-state index in [0.29, 0.717) is 0 Å². The third-order valence-electron chi connectivity index (χ3n) is 1.97. The van der Waals surface area contributed by atoms with Crippen molar-refractivity contribution in [1.29, 1.82) is 0 Å². The number of carboxylic acids is 1. The van der Waals surface area contributed by atoms with Crippen molar-refractivity contribution in [1.82, 2.24) is 4.90 Å². The largest absolute Gasteiger partial charge is 0.480 e. The van der Waals surface area contributed by atoms with E-state index in [0.717, 1.165) is 0 Å². The number of carboxylic acid groups (broad SMARTS) is 1. The fourth-order valence-electron chi connectivity index (χ4n) is 1.21. The molecule has 1 unspecified atom stereocenters. The molecule has 0 aromatic rings. The number of allylic oxidation sites excluding steroid dienone is 1. The van der Waals surface area contributed by atoms with E-state index in [4.69, 9.17) is 9.66 Å². The molecule has 6 nitrogen and oxygen atoms in total. The van der Waals surface area contributed by atoms with Crippen LogP contribution in [0.3, 0.4) is 0 Å². The van der Waals surface area contributed by atoms with Crippen LogP contribution in [0.5, 0.6) is 0 Å². The Morgan fingerprint density at radius 1 is 1.53 bits per heavy atom. The zero-order valence-corrected chi connectivity index (χ0v) is 9.65. The van der Waals surface area contributed by atoms with Gasteiger partial charge in [0, 0.05) is 12.7 Å². The minimum atomic E-state index is -4.20. The summed E-state index contributed by atoms with van der Waals surface area (Å²) in [6.45, 7) is 2.55. The van der Waals surface area contributed by atoms with E-state index in [9.17, 15) is 13.2 Å². The molecule has 0 amide bonds. The minimum Gasteiger partial charge on any atom is -0.480 e. The fourth-order valence-corrected chi connectivity index (χ4v) is 1.83. The van der Waals surface area contributed by atoms with Crippen LogP contribution in [0, 0.1) is 0 Å². The highest BCUT2D eigenvalue weighted by Gasteiger charge is 2.24. The number of nitrogens with zero attached hydrogens (tertiary/aromatic N) is 1. The highest BCUT2D eigenvalue weighted by molar-refractivity contribution is 7.86. The van der Waals surface area contributed by atoms with Crippen LogP contribution < -0.4 is 0 Å². The van der Waals surface area contributed by atoms with Gasteiger partial charge in [-0.05, 0) is 13.8 Å². The van der Waals surface area contributed by atoms with Gasteiger partial charge in [-0.1, -0.05) is 6.08 Å². The van der Waals surface area contributed by atoms with E-state index in [1.54, 1.807) is 6.92 Å². The first-order valence-corrected chi connectivity index (χ1v) is 5.76. The molecule has 0 saturated carbocycles. The standard InChI is InChI=1S/C8H15NO5S/c1-4-7(6(2)15(12,13)14)9(3)5-8(10)11/h4,6H,5H2,1-3H3,(H,10,11)(H,12,13,14)/b7-4+. The third-order valence-corrected chi connectivity index (χ3v) is 3.11. The molecule has 0 heterocycles. The van der Waals surface area contributed by atoms with Crippen molar-refractivity contribution in [3.8, 4) is 0 Å². The lowest BCUT2D eigenvalue weighted by Gasteiger charge is -2.23. The lowest BCUT2D eigenvalue weighted by molar-refractivity contribution is -0.137. The molecule has 2 N–H and O–H groups in total. The summed E-state index contributed by atoms with van der Waals surface area (Å²) in [7, 11) is -2.75. The van der Waals surface area contributed by atoms with Crippen molar-refractivity contribution in [2.24, 2.45) is 0 Å². The maximum absolute atomic E-state index is 10.9. The topological polar surface area (TPSA) is 94.9 Å². The van der Waals surface area contributed by atoms with Crippen LogP contribution in [0.1, 0.15) is 13.8 Å². The fraction of sp³-hybridized carbons (Fsp3) is 0.625. The van der Waals surface area contributed by atoms with E-state index >= 15 is 0 Å². The van der Waals surface area contributed by atoms with Crippen molar-refractivity contribution in [2.45, 2.75) is 19.1 Å². The second kappa shape index (κ2) is 5.13. The molecule has 0 radical (unpaired) electrons. The number of hydrogen-bond donors (Lipinski definition) is 2. The van der Waals surface area contributed by atoms with E-state index in [1.807, 2.05) is 0 Å². The van der Waals surface area contributed by atoms with Crippen LogP contribution in [0.2, 0.25) is 0 Å². The zero-order valence-electron chi connectivity index (χ0n) is 8.84. The summed E-state index contributed by atoms with van der Waals surface area (Å²) in [5, 5.41) is 7.40. The maximum atomic E-state index is 10.9. The van der Waals surface area contributed by atoms with Gasteiger partial charge in [0.05, 0.1) is 0 Å². The summed E-state index contributed by atoms with van der Waals surface area (Å²) >= 11 is 0. The predicted octanol–water partition coefficient (Wildman–Crippen LogP) is 0.183. The molecule has 0 spiro atoms. The average Bonchev–Trinajstić information content (AvgIpc) is 2.01. The summed E-state index contributed by atoms with van der Waals surface area (Å²) in [5.74, 6) is -1.07. The van der Waals surface area contributed by atoms with E-state index in [-0.39, 0.29) is 12.2 Å². The van der Waals surface area contributed by atoms with Crippen molar-refractivity contribution < 1.29 is 22.9 Å². The molecular formula is C8H15NO5S. The Bertz CT molecular complexity index is 359. The number of rotatable bonds is 5. The third kappa shape index (κ3) is 4.30. The molecule has 0 bridgehead atoms. The molecule has 0 aliphatic heterocycles. The number of aliphatic carboxylic acids is 1. The Labute approximate surface area is 88.9 Å². The Balaban J connectivity index is 4.87. The molecule has 15 heavy (non-hydrogen) atoms. The average molecular weight is 237 g/mol. The van der Waals surface area contributed by atoms with Crippen molar-refractivity contribution >= 4 is 16.1 Å². The molecule has 7 heteroatoms.